The van der Waals surface area contributed by atoms with Crippen LogP contribution in [-0.2, 0) is 6.61 Å². The van der Waals surface area contributed by atoms with E-state index in [2.05, 4.69) is 15.2 Å². The summed E-state index contributed by atoms with van der Waals surface area (Å²) in [4.78, 5) is 4.13. The summed E-state index contributed by atoms with van der Waals surface area (Å²) in [5, 5.41) is 7.43. The molecule has 0 aliphatic carbocycles. The highest BCUT2D eigenvalue weighted by Crippen LogP contribution is 2.21. The Morgan fingerprint density at radius 1 is 0.952 bits per heavy atom. The van der Waals surface area contributed by atoms with Gasteiger partial charge in [-0.3, -0.25) is 0 Å². The number of nitrogen functional groups attached to an aromatic ring is 1. The minimum atomic E-state index is 0.164. The number of nitrogens with two attached hydrogens (primary N) is 1. The Morgan fingerprint density at radius 2 is 1.71 bits per heavy atom. The number of nitrogens with zero attached hydrogens (tertiary/aromatic N) is 3. The maximum absolute atomic E-state index is 5.73. The average Bonchev–Trinajstić information content (AvgIpc) is 2.54. The molecule has 3 rings (SSSR count). The third kappa shape index (κ3) is 3.33. The van der Waals surface area contributed by atoms with Crippen LogP contribution in [0.3, 0.4) is 0 Å². The van der Waals surface area contributed by atoms with Gasteiger partial charge in [0.2, 0.25) is 5.95 Å². The number of hydrogen-bond donors (Lipinski definition) is 1. The van der Waals surface area contributed by atoms with Gasteiger partial charge in [-0.25, -0.2) is 4.98 Å². The second-order valence-corrected chi connectivity index (χ2v) is 4.50. The van der Waals surface area contributed by atoms with Crippen molar-refractivity contribution < 1.29 is 4.74 Å². The zero-order valence-electron chi connectivity index (χ0n) is 11.3. The van der Waals surface area contributed by atoms with E-state index >= 15 is 0 Å². The van der Waals surface area contributed by atoms with E-state index in [0.29, 0.717) is 12.3 Å². The quantitative estimate of drug-likeness (QED) is 0.794. The van der Waals surface area contributed by atoms with Gasteiger partial charge in [0.15, 0.2) is 0 Å². The SMILES string of the molecule is Nc1nncc(-c2ccc(OCc3ccccc3)cc2)n1. The predicted molar refractivity (Wildman–Crippen MR) is 80.4 cm³/mol. The van der Waals surface area contributed by atoms with Gasteiger partial charge in [0, 0.05) is 5.56 Å². The molecule has 0 amide bonds. The van der Waals surface area contributed by atoms with Gasteiger partial charge in [-0.15, -0.1) is 5.10 Å². The summed E-state index contributed by atoms with van der Waals surface area (Å²) < 4.78 is 5.73. The standard InChI is InChI=1S/C16H14N4O/c17-16-19-15(10-18-20-16)13-6-8-14(9-7-13)21-11-12-4-2-1-3-5-12/h1-10H,11H2,(H2,17,19,20). The van der Waals surface area contributed by atoms with Crippen molar-refractivity contribution in [1.29, 1.82) is 0 Å². The molecule has 5 nitrogen and oxygen atoms in total. The zero-order valence-corrected chi connectivity index (χ0v) is 11.3. The molecule has 0 bridgehead atoms. The molecule has 0 unspecified atom stereocenters. The van der Waals surface area contributed by atoms with Gasteiger partial charge in [0.25, 0.3) is 0 Å². The third-order valence-electron chi connectivity index (χ3n) is 2.97. The second-order valence-electron chi connectivity index (χ2n) is 4.50. The monoisotopic (exact) mass is 278 g/mol. The van der Waals surface area contributed by atoms with Crippen LogP contribution in [0.5, 0.6) is 5.75 Å². The maximum Gasteiger partial charge on any atom is 0.240 e. The van der Waals surface area contributed by atoms with E-state index < -0.39 is 0 Å². The van der Waals surface area contributed by atoms with E-state index in [9.17, 15) is 0 Å². The van der Waals surface area contributed by atoms with Crippen LogP contribution in [-0.4, -0.2) is 15.2 Å². The summed E-state index contributed by atoms with van der Waals surface area (Å²) in [7, 11) is 0. The van der Waals surface area contributed by atoms with Crippen molar-refractivity contribution in [1.82, 2.24) is 15.2 Å². The van der Waals surface area contributed by atoms with Crippen LogP contribution in [0.4, 0.5) is 5.95 Å². The molecule has 0 fully saturated rings. The normalized spacial score (nSPS) is 10.3. The Kier molecular flexibility index (Phi) is 3.73. The smallest absolute Gasteiger partial charge is 0.240 e. The van der Waals surface area contributed by atoms with E-state index in [1.165, 1.54) is 0 Å². The van der Waals surface area contributed by atoms with Gasteiger partial charge in [-0.1, -0.05) is 30.3 Å². The first-order chi connectivity index (χ1) is 10.3. The van der Waals surface area contributed by atoms with Crippen LogP contribution >= 0.6 is 0 Å². The molecule has 0 saturated carbocycles. The molecular weight excluding hydrogens is 264 g/mol. The van der Waals surface area contributed by atoms with Crippen LogP contribution in [0.2, 0.25) is 0 Å². The lowest BCUT2D eigenvalue weighted by molar-refractivity contribution is 0.306. The summed E-state index contributed by atoms with van der Waals surface area (Å²) in [6, 6.07) is 17.7. The van der Waals surface area contributed by atoms with Crippen molar-refractivity contribution in [2.24, 2.45) is 0 Å². The maximum atomic E-state index is 5.73. The Balaban J connectivity index is 1.69. The molecule has 0 radical (unpaired) electrons. The summed E-state index contributed by atoms with van der Waals surface area (Å²) in [5.74, 6) is 0.967. The molecule has 0 atom stereocenters. The molecule has 0 aliphatic rings. The largest absolute Gasteiger partial charge is 0.489 e. The van der Waals surface area contributed by atoms with Gasteiger partial charge in [-0.05, 0) is 29.8 Å². The van der Waals surface area contributed by atoms with Crippen LogP contribution in [0.1, 0.15) is 5.56 Å². The lowest BCUT2D eigenvalue weighted by Gasteiger charge is -2.07. The van der Waals surface area contributed by atoms with Gasteiger partial charge in [-0.2, -0.15) is 5.10 Å². The van der Waals surface area contributed by atoms with Crippen molar-refractivity contribution in [3.63, 3.8) is 0 Å². The molecule has 21 heavy (non-hydrogen) atoms. The molecule has 3 aromatic rings. The van der Waals surface area contributed by atoms with Crippen molar-refractivity contribution >= 4 is 5.95 Å². The van der Waals surface area contributed by atoms with Crippen molar-refractivity contribution in [2.75, 3.05) is 5.73 Å². The lowest BCUT2D eigenvalue weighted by atomic mass is 10.1. The Bertz CT molecular complexity index is 714. The Labute approximate surface area is 122 Å². The summed E-state index contributed by atoms with van der Waals surface area (Å²) in [5.41, 5.74) is 8.27. The van der Waals surface area contributed by atoms with Gasteiger partial charge in [0.05, 0.1) is 11.9 Å². The number of aromatic nitrogens is 3. The van der Waals surface area contributed by atoms with E-state index in [1.54, 1.807) is 6.20 Å². The molecule has 5 heteroatoms. The van der Waals surface area contributed by atoms with Gasteiger partial charge < -0.3 is 10.5 Å². The van der Waals surface area contributed by atoms with Crippen LogP contribution < -0.4 is 10.5 Å². The number of rotatable bonds is 4. The summed E-state index contributed by atoms with van der Waals surface area (Å²) in [6.07, 6.45) is 1.58. The molecule has 2 N–H and O–H groups in total. The Hall–Kier alpha value is -2.95. The van der Waals surface area contributed by atoms with Crippen LogP contribution in [0.25, 0.3) is 11.3 Å². The minimum absolute atomic E-state index is 0.164. The predicted octanol–water partition coefficient (Wildman–Crippen LogP) is 2.70. The van der Waals surface area contributed by atoms with Crippen molar-refractivity contribution in [3.8, 4) is 17.0 Å². The fourth-order valence-electron chi connectivity index (χ4n) is 1.92. The number of benzene rings is 2. The van der Waals surface area contributed by atoms with E-state index in [0.717, 1.165) is 16.9 Å². The first-order valence-corrected chi connectivity index (χ1v) is 6.53. The highest BCUT2D eigenvalue weighted by molar-refractivity contribution is 5.59. The third-order valence-corrected chi connectivity index (χ3v) is 2.97. The molecule has 1 aromatic heterocycles. The lowest BCUT2D eigenvalue weighted by Crippen LogP contribution is -1.98. The summed E-state index contributed by atoms with van der Waals surface area (Å²) >= 11 is 0. The molecule has 2 aromatic carbocycles. The molecule has 104 valence electrons. The topological polar surface area (TPSA) is 73.9 Å². The van der Waals surface area contributed by atoms with E-state index in [4.69, 9.17) is 10.5 Å². The fourth-order valence-corrected chi connectivity index (χ4v) is 1.92. The van der Waals surface area contributed by atoms with Crippen LogP contribution in [0.15, 0.2) is 60.8 Å². The number of hydrogen-bond acceptors (Lipinski definition) is 5. The van der Waals surface area contributed by atoms with Crippen LogP contribution in [0, 0.1) is 0 Å². The summed E-state index contributed by atoms with van der Waals surface area (Å²) in [6.45, 7) is 0.544. The first kappa shape index (κ1) is 13.1. The van der Waals surface area contributed by atoms with Gasteiger partial charge in [0.1, 0.15) is 12.4 Å². The molecule has 0 aliphatic heterocycles. The number of anilines is 1. The molecule has 1 heterocycles. The van der Waals surface area contributed by atoms with Crippen molar-refractivity contribution in [2.45, 2.75) is 6.61 Å². The van der Waals surface area contributed by atoms with E-state index in [1.807, 2.05) is 54.6 Å². The minimum Gasteiger partial charge on any atom is -0.489 e. The average molecular weight is 278 g/mol. The Morgan fingerprint density at radius 3 is 2.43 bits per heavy atom. The molecular formula is C16H14N4O. The van der Waals surface area contributed by atoms with Gasteiger partial charge >= 0.3 is 0 Å². The zero-order chi connectivity index (χ0) is 14.5. The van der Waals surface area contributed by atoms with Crippen molar-refractivity contribution in [3.05, 3.63) is 66.4 Å². The molecule has 0 spiro atoms. The molecule has 0 saturated heterocycles. The second kappa shape index (κ2) is 6.00. The highest BCUT2D eigenvalue weighted by Gasteiger charge is 2.02. The fraction of sp³-hybridized carbons (Fsp3) is 0.0625. The first-order valence-electron chi connectivity index (χ1n) is 6.53. The highest BCUT2D eigenvalue weighted by atomic mass is 16.5. The number of ether oxygens (including phenoxy) is 1. The van der Waals surface area contributed by atoms with E-state index in [-0.39, 0.29) is 5.95 Å².